The molecule has 0 heterocycles. The number of carbonyl (C=O) groups excluding carboxylic acids is 2. The first-order chi connectivity index (χ1) is 17.1. The Bertz CT molecular complexity index is 1250. The second kappa shape index (κ2) is 12.0. The second-order valence-electron chi connectivity index (χ2n) is 7.79. The number of Topliss-reactive ketones (excluding diaryl/α,β-unsaturated/α-hetero) is 1. The van der Waals surface area contributed by atoms with Crippen LogP contribution in [0.1, 0.15) is 36.2 Å². The highest BCUT2D eigenvalue weighted by atomic mass is 32.2. The third kappa shape index (κ3) is 7.56. The summed E-state index contributed by atoms with van der Waals surface area (Å²) in [6.07, 6.45) is -4.15. The van der Waals surface area contributed by atoms with E-state index in [2.05, 4.69) is 16.0 Å². The van der Waals surface area contributed by atoms with E-state index in [0.29, 0.717) is 28.5 Å². The minimum absolute atomic E-state index is 0.0276. The Balaban J connectivity index is 1.64. The van der Waals surface area contributed by atoms with Gasteiger partial charge in [0.15, 0.2) is 10.9 Å². The van der Waals surface area contributed by atoms with Crippen molar-refractivity contribution in [1.29, 1.82) is 0 Å². The van der Waals surface area contributed by atoms with E-state index >= 15 is 0 Å². The van der Waals surface area contributed by atoms with Gasteiger partial charge >= 0.3 is 6.18 Å². The zero-order valence-corrected chi connectivity index (χ0v) is 21.1. The van der Waals surface area contributed by atoms with Gasteiger partial charge in [-0.05, 0) is 80.2 Å². The number of halogens is 3. The minimum atomic E-state index is -4.57. The van der Waals surface area contributed by atoms with Crippen molar-refractivity contribution < 1.29 is 22.8 Å². The van der Waals surface area contributed by atoms with Crippen molar-refractivity contribution in [2.45, 2.75) is 36.6 Å². The lowest BCUT2D eigenvalue weighted by atomic mass is 10.1. The number of carbonyl (C=O) groups is 2. The predicted molar refractivity (Wildman–Crippen MR) is 143 cm³/mol. The summed E-state index contributed by atoms with van der Waals surface area (Å²) in [4.78, 5) is 24.9. The first-order valence-electron chi connectivity index (χ1n) is 11.0. The van der Waals surface area contributed by atoms with E-state index < -0.39 is 22.9 Å². The van der Waals surface area contributed by atoms with Crippen LogP contribution in [0.2, 0.25) is 0 Å². The van der Waals surface area contributed by atoms with Gasteiger partial charge in [-0.3, -0.25) is 9.59 Å². The summed E-state index contributed by atoms with van der Waals surface area (Å²) in [5.41, 5.74) is 0.833. The molecule has 0 bridgehead atoms. The molecular weight excluding hydrogens is 507 g/mol. The molecule has 0 saturated carbocycles. The third-order valence-corrected chi connectivity index (χ3v) is 6.64. The van der Waals surface area contributed by atoms with Gasteiger partial charge in [0.05, 0.1) is 16.5 Å². The van der Waals surface area contributed by atoms with Crippen molar-refractivity contribution >= 4 is 57.8 Å². The maximum atomic E-state index is 13.3. The average molecular weight is 532 g/mol. The Kier molecular flexibility index (Phi) is 9.11. The topological polar surface area (TPSA) is 70.2 Å². The molecule has 1 amide bonds. The molecular formula is C26H24F3N3O2S2. The molecule has 0 spiro atoms. The first kappa shape index (κ1) is 27.2. The summed E-state index contributed by atoms with van der Waals surface area (Å²) in [6, 6.07) is 19.0. The Morgan fingerprint density at radius 1 is 0.917 bits per heavy atom. The van der Waals surface area contributed by atoms with Crippen molar-refractivity contribution in [3.8, 4) is 0 Å². The number of anilines is 3. The van der Waals surface area contributed by atoms with Gasteiger partial charge in [0.1, 0.15) is 0 Å². The molecule has 0 aliphatic heterocycles. The number of benzene rings is 3. The van der Waals surface area contributed by atoms with Crippen molar-refractivity contribution in [3.63, 3.8) is 0 Å². The van der Waals surface area contributed by atoms with Crippen LogP contribution in [-0.2, 0) is 11.0 Å². The van der Waals surface area contributed by atoms with Crippen LogP contribution < -0.4 is 16.0 Å². The zero-order valence-electron chi connectivity index (χ0n) is 19.5. The van der Waals surface area contributed by atoms with Gasteiger partial charge in [-0.2, -0.15) is 13.2 Å². The second-order valence-corrected chi connectivity index (χ2v) is 9.47. The van der Waals surface area contributed by atoms with Gasteiger partial charge in [0, 0.05) is 21.8 Å². The van der Waals surface area contributed by atoms with Crippen LogP contribution in [0.15, 0.2) is 77.7 Å². The largest absolute Gasteiger partial charge is 0.418 e. The lowest BCUT2D eigenvalue weighted by Crippen LogP contribution is -2.26. The van der Waals surface area contributed by atoms with Crippen LogP contribution in [0.3, 0.4) is 0 Å². The normalized spacial score (nSPS) is 11.9. The van der Waals surface area contributed by atoms with E-state index in [4.69, 9.17) is 12.2 Å². The number of thioether (sulfide) groups is 1. The Hall–Kier alpha value is -3.37. The van der Waals surface area contributed by atoms with Crippen molar-refractivity contribution in [1.82, 2.24) is 0 Å². The molecule has 3 rings (SSSR count). The predicted octanol–water partition coefficient (Wildman–Crippen LogP) is 7.23. The number of para-hydroxylation sites is 1. The van der Waals surface area contributed by atoms with Gasteiger partial charge in [-0.15, -0.1) is 11.8 Å². The average Bonchev–Trinajstić information content (AvgIpc) is 2.82. The van der Waals surface area contributed by atoms with Crippen molar-refractivity contribution in [2.75, 3.05) is 16.0 Å². The molecule has 1 unspecified atom stereocenters. The zero-order chi connectivity index (χ0) is 26.3. The van der Waals surface area contributed by atoms with Gasteiger partial charge in [0.2, 0.25) is 5.91 Å². The fourth-order valence-corrected chi connectivity index (χ4v) is 4.52. The number of alkyl halides is 3. The summed E-state index contributed by atoms with van der Waals surface area (Å²) in [7, 11) is 0. The van der Waals surface area contributed by atoms with Gasteiger partial charge in [-0.25, -0.2) is 0 Å². The summed E-state index contributed by atoms with van der Waals surface area (Å²) in [5.74, 6) is -0.538. The fraction of sp³-hybridized carbons (Fsp3) is 0.192. The van der Waals surface area contributed by atoms with E-state index in [-0.39, 0.29) is 11.5 Å². The monoisotopic (exact) mass is 531 g/mol. The molecule has 3 N–H and O–H groups in total. The number of thiocarbonyl (C=S) groups is 1. The summed E-state index contributed by atoms with van der Waals surface area (Å²) in [6.45, 7) is 3.29. The van der Waals surface area contributed by atoms with Gasteiger partial charge in [-0.1, -0.05) is 25.1 Å². The molecule has 0 aliphatic rings. The van der Waals surface area contributed by atoms with E-state index in [0.717, 1.165) is 11.0 Å². The number of amides is 1. The van der Waals surface area contributed by atoms with Crippen LogP contribution in [0.5, 0.6) is 0 Å². The SMILES string of the molecule is CCC(Sc1cccc(NC(=S)Nc2ccc(C(C)=O)cc2)c1)C(=O)Nc1ccccc1C(F)(F)F. The van der Waals surface area contributed by atoms with Crippen LogP contribution in [0.4, 0.5) is 30.2 Å². The molecule has 0 radical (unpaired) electrons. The van der Waals surface area contributed by atoms with Crippen molar-refractivity contribution in [2.24, 2.45) is 0 Å². The highest BCUT2D eigenvalue weighted by Gasteiger charge is 2.34. The number of hydrogen-bond acceptors (Lipinski definition) is 4. The molecule has 1 atom stereocenters. The molecule has 0 aliphatic carbocycles. The summed E-state index contributed by atoms with van der Waals surface area (Å²) < 4.78 is 39.8. The minimum Gasteiger partial charge on any atom is -0.332 e. The molecule has 0 aromatic heterocycles. The Labute approximate surface area is 216 Å². The third-order valence-electron chi connectivity index (χ3n) is 5.07. The lowest BCUT2D eigenvalue weighted by molar-refractivity contribution is -0.137. The van der Waals surface area contributed by atoms with Crippen LogP contribution in [0, 0.1) is 0 Å². The number of rotatable bonds is 8. The molecule has 188 valence electrons. The standard InChI is InChI=1S/C26H24F3N3O2S2/c1-3-23(24(34)32-22-10-5-4-9-21(22)26(27,28)29)36-20-8-6-7-19(15-20)31-25(35)30-18-13-11-17(12-14-18)16(2)33/h4-15,23H,3H2,1-2H3,(H,32,34)(H2,30,31,35). The highest BCUT2D eigenvalue weighted by molar-refractivity contribution is 8.00. The number of hydrogen-bond donors (Lipinski definition) is 3. The van der Waals surface area contributed by atoms with E-state index in [1.807, 2.05) is 6.07 Å². The Morgan fingerprint density at radius 2 is 1.58 bits per heavy atom. The van der Waals surface area contributed by atoms with E-state index in [1.165, 1.54) is 36.9 Å². The number of nitrogens with one attached hydrogen (secondary N) is 3. The number of ketones is 1. The van der Waals surface area contributed by atoms with Gasteiger partial charge in [0.25, 0.3) is 0 Å². The van der Waals surface area contributed by atoms with Crippen LogP contribution >= 0.6 is 24.0 Å². The van der Waals surface area contributed by atoms with E-state index in [9.17, 15) is 22.8 Å². The highest BCUT2D eigenvalue weighted by Crippen LogP contribution is 2.35. The van der Waals surface area contributed by atoms with Crippen molar-refractivity contribution in [3.05, 3.63) is 83.9 Å². The summed E-state index contributed by atoms with van der Waals surface area (Å²) >= 11 is 6.61. The molecule has 3 aromatic carbocycles. The quantitative estimate of drug-likeness (QED) is 0.162. The Morgan fingerprint density at radius 3 is 2.22 bits per heavy atom. The maximum Gasteiger partial charge on any atom is 0.418 e. The summed E-state index contributed by atoms with van der Waals surface area (Å²) in [5, 5.41) is 8.26. The van der Waals surface area contributed by atoms with Crippen LogP contribution in [-0.4, -0.2) is 22.1 Å². The van der Waals surface area contributed by atoms with Gasteiger partial charge < -0.3 is 16.0 Å². The molecule has 0 saturated heterocycles. The first-order valence-corrected chi connectivity index (χ1v) is 12.3. The fourth-order valence-electron chi connectivity index (χ4n) is 3.27. The smallest absolute Gasteiger partial charge is 0.332 e. The van der Waals surface area contributed by atoms with E-state index in [1.54, 1.807) is 49.4 Å². The molecule has 10 heteroatoms. The maximum absolute atomic E-state index is 13.3. The van der Waals surface area contributed by atoms with Crippen LogP contribution in [0.25, 0.3) is 0 Å². The molecule has 3 aromatic rings. The molecule has 0 fully saturated rings. The lowest BCUT2D eigenvalue weighted by Gasteiger charge is -2.18. The molecule has 5 nitrogen and oxygen atoms in total. The molecule has 36 heavy (non-hydrogen) atoms.